The van der Waals surface area contributed by atoms with Gasteiger partial charge >= 0.3 is 0 Å². The van der Waals surface area contributed by atoms with Crippen LogP contribution in [0.1, 0.15) is 11.1 Å². The summed E-state index contributed by atoms with van der Waals surface area (Å²) in [6.07, 6.45) is 0.750. The fraction of sp³-hybridized carbons (Fsp3) is 0.0526. The van der Waals surface area contributed by atoms with Crippen LogP contribution in [-0.2, 0) is 6.42 Å². The van der Waals surface area contributed by atoms with Gasteiger partial charge in [-0.2, -0.15) is 0 Å². The SMILES string of the molecule is Nc1ccc(Cc2ccc(N)c(Cl)c2)cc1Cl.Nc1ccccc1N. The number of halogens is 2. The van der Waals surface area contributed by atoms with E-state index in [0.717, 1.165) is 17.5 Å². The Kier molecular flexibility index (Phi) is 6.39. The summed E-state index contributed by atoms with van der Waals surface area (Å²) in [5.74, 6) is 0. The first-order valence-corrected chi connectivity index (χ1v) is 8.30. The first-order chi connectivity index (χ1) is 11.9. The summed E-state index contributed by atoms with van der Waals surface area (Å²) in [5.41, 5.74) is 26.7. The Balaban J connectivity index is 0.000000236. The molecule has 0 atom stereocenters. The Bertz CT molecular complexity index is 795. The van der Waals surface area contributed by atoms with Crippen LogP contribution in [0.15, 0.2) is 60.7 Å². The van der Waals surface area contributed by atoms with Crippen LogP contribution in [0.5, 0.6) is 0 Å². The molecule has 130 valence electrons. The van der Waals surface area contributed by atoms with Crippen LogP contribution in [-0.4, -0.2) is 0 Å². The monoisotopic (exact) mass is 374 g/mol. The van der Waals surface area contributed by atoms with Gasteiger partial charge in [0.2, 0.25) is 0 Å². The van der Waals surface area contributed by atoms with Crippen molar-refractivity contribution in [3.63, 3.8) is 0 Å². The number of anilines is 4. The van der Waals surface area contributed by atoms with Gasteiger partial charge in [0.1, 0.15) is 0 Å². The number of nitrogens with two attached hydrogens (primary N) is 4. The second-order valence-corrected chi connectivity index (χ2v) is 6.33. The van der Waals surface area contributed by atoms with Crippen molar-refractivity contribution in [2.45, 2.75) is 6.42 Å². The zero-order valence-corrected chi connectivity index (χ0v) is 15.1. The van der Waals surface area contributed by atoms with Gasteiger partial charge in [0.15, 0.2) is 0 Å². The van der Waals surface area contributed by atoms with E-state index in [0.29, 0.717) is 32.8 Å². The van der Waals surface area contributed by atoms with Crippen molar-refractivity contribution in [2.24, 2.45) is 0 Å². The van der Waals surface area contributed by atoms with Crippen LogP contribution < -0.4 is 22.9 Å². The molecule has 0 saturated carbocycles. The van der Waals surface area contributed by atoms with Crippen LogP contribution in [0.3, 0.4) is 0 Å². The number of para-hydroxylation sites is 2. The van der Waals surface area contributed by atoms with Crippen LogP contribution in [0.25, 0.3) is 0 Å². The van der Waals surface area contributed by atoms with Gasteiger partial charge in [0, 0.05) is 0 Å². The molecular weight excluding hydrogens is 355 g/mol. The number of benzene rings is 3. The van der Waals surface area contributed by atoms with Crippen LogP contribution in [0.2, 0.25) is 10.0 Å². The number of hydrogen-bond acceptors (Lipinski definition) is 4. The topological polar surface area (TPSA) is 104 Å². The predicted octanol–water partition coefficient (Wildman–Crippen LogP) is 4.60. The lowest BCUT2D eigenvalue weighted by Crippen LogP contribution is -1.93. The number of hydrogen-bond donors (Lipinski definition) is 4. The van der Waals surface area contributed by atoms with E-state index in [4.69, 9.17) is 46.1 Å². The van der Waals surface area contributed by atoms with Gasteiger partial charge < -0.3 is 22.9 Å². The predicted molar refractivity (Wildman–Crippen MR) is 110 cm³/mol. The van der Waals surface area contributed by atoms with Crippen molar-refractivity contribution in [2.75, 3.05) is 22.9 Å². The molecule has 25 heavy (non-hydrogen) atoms. The fourth-order valence-electron chi connectivity index (χ4n) is 2.11. The zero-order chi connectivity index (χ0) is 18.4. The summed E-state index contributed by atoms with van der Waals surface area (Å²) in [6.45, 7) is 0. The second-order valence-electron chi connectivity index (χ2n) is 5.52. The fourth-order valence-corrected chi connectivity index (χ4v) is 2.51. The maximum absolute atomic E-state index is 5.97. The van der Waals surface area contributed by atoms with Crippen molar-refractivity contribution < 1.29 is 0 Å². The van der Waals surface area contributed by atoms with Gasteiger partial charge in [-0.25, -0.2) is 0 Å². The summed E-state index contributed by atoms with van der Waals surface area (Å²) >= 11 is 11.9. The van der Waals surface area contributed by atoms with Gasteiger partial charge in [-0.1, -0.05) is 47.5 Å². The smallest absolute Gasteiger partial charge is 0.0638 e. The molecule has 8 N–H and O–H groups in total. The van der Waals surface area contributed by atoms with Gasteiger partial charge in [0.25, 0.3) is 0 Å². The maximum atomic E-state index is 5.97. The van der Waals surface area contributed by atoms with Crippen molar-refractivity contribution in [3.8, 4) is 0 Å². The maximum Gasteiger partial charge on any atom is 0.0638 e. The number of rotatable bonds is 2. The molecule has 0 spiro atoms. The molecule has 0 radical (unpaired) electrons. The first kappa shape index (κ1) is 18.8. The molecule has 3 rings (SSSR count). The third kappa shape index (κ3) is 5.48. The van der Waals surface area contributed by atoms with Crippen LogP contribution >= 0.6 is 23.2 Å². The van der Waals surface area contributed by atoms with Crippen LogP contribution in [0, 0.1) is 0 Å². The lowest BCUT2D eigenvalue weighted by Gasteiger charge is -2.06. The molecule has 0 aliphatic carbocycles. The molecule has 3 aromatic carbocycles. The van der Waals surface area contributed by atoms with Gasteiger partial charge in [-0.15, -0.1) is 0 Å². The van der Waals surface area contributed by atoms with E-state index >= 15 is 0 Å². The van der Waals surface area contributed by atoms with E-state index < -0.39 is 0 Å². The molecule has 0 aliphatic rings. The molecule has 0 amide bonds. The van der Waals surface area contributed by atoms with Gasteiger partial charge in [0.05, 0.1) is 32.8 Å². The summed E-state index contributed by atoms with van der Waals surface area (Å²) in [4.78, 5) is 0. The molecule has 0 fully saturated rings. The van der Waals surface area contributed by atoms with E-state index in [9.17, 15) is 0 Å². The average molecular weight is 375 g/mol. The lowest BCUT2D eigenvalue weighted by atomic mass is 10.0. The third-order valence-electron chi connectivity index (χ3n) is 3.53. The second kappa shape index (κ2) is 8.51. The highest BCUT2D eigenvalue weighted by Crippen LogP contribution is 2.24. The Morgan fingerprint density at radius 3 is 1.28 bits per heavy atom. The molecule has 0 unspecified atom stereocenters. The third-order valence-corrected chi connectivity index (χ3v) is 4.19. The Morgan fingerprint density at radius 1 is 0.560 bits per heavy atom. The van der Waals surface area contributed by atoms with Gasteiger partial charge in [-0.3, -0.25) is 0 Å². The summed E-state index contributed by atoms with van der Waals surface area (Å²) < 4.78 is 0. The molecule has 0 aliphatic heterocycles. The minimum absolute atomic E-state index is 0.573. The number of nitrogen functional groups attached to an aromatic ring is 4. The molecule has 6 heteroatoms. The molecule has 3 aromatic rings. The summed E-state index contributed by atoms with van der Waals surface area (Å²) in [6, 6.07) is 18.5. The minimum atomic E-state index is 0.573. The van der Waals surface area contributed by atoms with E-state index in [2.05, 4.69) is 0 Å². The standard InChI is InChI=1S/C13H12Cl2N2.C6H8N2/c14-10-6-8(1-3-12(10)16)5-9-2-4-13(17)11(15)7-9;7-5-3-1-2-4-6(5)8/h1-4,6-7H,5,16-17H2;1-4H,7-8H2. The minimum Gasteiger partial charge on any atom is -0.398 e. The Hall–Kier alpha value is -2.56. The lowest BCUT2D eigenvalue weighted by molar-refractivity contribution is 1.19. The average Bonchev–Trinajstić information content (AvgIpc) is 2.58. The Labute approximate surface area is 157 Å². The normalized spacial score (nSPS) is 10.0. The quantitative estimate of drug-likeness (QED) is 0.491. The zero-order valence-electron chi connectivity index (χ0n) is 13.5. The van der Waals surface area contributed by atoms with E-state index in [-0.39, 0.29) is 0 Å². The van der Waals surface area contributed by atoms with Crippen molar-refractivity contribution in [3.05, 3.63) is 81.8 Å². The van der Waals surface area contributed by atoms with Gasteiger partial charge in [-0.05, 0) is 53.9 Å². The summed E-state index contributed by atoms with van der Waals surface area (Å²) in [5, 5.41) is 1.15. The molecule has 0 aromatic heterocycles. The highest BCUT2D eigenvalue weighted by molar-refractivity contribution is 6.33. The van der Waals surface area contributed by atoms with Crippen molar-refractivity contribution >= 4 is 46.0 Å². The summed E-state index contributed by atoms with van der Waals surface area (Å²) in [7, 11) is 0. The molecule has 0 heterocycles. The largest absolute Gasteiger partial charge is 0.398 e. The van der Waals surface area contributed by atoms with E-state index in [1.54, 1.807) is 24.3 Å². The Morgan fingerprint density at radius 2 is 0.960 bits per heavy atom. The van der Waals surface area contributed by atoms with E-state index in [1.807, 2.05) is 36.4 Å². The molecule has 4 nitrogen and oxygen atoms in total. The highest BCUT2D eigenvalue weighted by atomic mass is 35.5. The van der Waals surface area contributed by atoms with E-state index in [1.165, 1.54) is 0 Å². The first-order valence-electron chi connectivity index (χ1n) is 7.54. The highest BCUT2D eigenvalue weighted by Gasteiger charge is 2.02. The van der Waals surface area contributed by atoms with Crippen LogP contribution in [0.4, 0.5) is 22.7 Å². The van der Waals surface area contributed by atoms with Crippen molar-refractivity contribution in [1.29, 1.82) is 0 Å². The van der Waals surface area contributed by atoms with Crippen molar-refractivity contribution in [1.82, 2.24) is 0 Å². The molecule has 0 saturated heterocycles. The molecular formula is C19H20Cl2N4. The molecule has 0 bridgehead atoms.